The first-order valence-electron chi connectivity index (χ1n) is 13.2. The molecule has 2 aromatic heterocycles. The Morgan fingerprint density at radius 1 is 0.342 bits per heavy atom. The number of hydrogen-bond donors (Lipinski definition) is 0. The number of fused-ring (bicyclic) bond motifs is 9. The summed E-state index contributed by atoms with van der Waals surface area (Å²) < 4.78 is 4.69. The van der Waals surface area contributed by atoms with E-state index in [0.717, 1.165) is 0 Å². The quantitative estimate of drug-likeness (QED) is 0.230. The molecule has 180 valence electrons. The lowest BCUT2D eigenvalue weighted by Crippen LogP contribution is -1.88. The molecule has 8 rings (SSSR count). The third-order valence-electron chi connectivity index (χ3n) is 8.35. The molecule has 0 spiro atoms. The van der Waals surface area contributed by atoms with Crippen LogP contribution >= 0.6 is 0 Å². The molecule has 38 heavy (non-hydrogen) atoms. The Kier molecular flexibility index (Phi) is 4.39. The molecule has 0 unspecified atom stereocenters. The van der Waals surface area contributed by atoms with E-state index < -0.39 is 0 Å². The highest BCUT2D eigenvalue weighted by Gasteiger charge is 2.17. The van der Waals surface area contributed by atoms with Gasteiger partial charge in [-0.05, 0) is 57.3 Å². The van der Waals surface area contributed by atoms with Gasteiger partial charge in [-0.25, -0.2) is 0 Å². The molecule has 0 aliphatic carbocycles. The van der Waals surface area contributed by atoms with Gasteiger partial charge in [0, 0.05) is 57.7 Å². The van der Waals surface area contributed by atoms with Gasteiger partial charge in [0.1, 0.15) is 0 Å². The topological polar surface area (TPSA) is 9.86 Å². The van der Waals surface area contributed by atoms with Crippen LogP contribution in [0.2, 0.25) is 0 Å². The van der Waals surface area contributed by atoms with Crippen LogP contribution in [0, 0.1) is 0 Å². The standard InChI is InChI=1S/C36H26N2/c1-37-31-19-17-28-27(35(31)29-15-13-25(21-33(29)37)23-9-5-3-6-10-23)18-20-32-36(28)30-16-14-26(22-34(30)38(32)2)24-11-7-4-8-12-24/h3-22H,1-2H3. The molecule has 0 radical (unpaired) electrons. The van der Waals surface area contributed by atoms with Crippen molar-refractivity contribution in [1.82, 2.24) is 9.13 Å². The molecule has 8 aromatic rings. The summed E-state index contributed by atoms with van der Waals surface area (Å²) in [5, 5.41) is 7.90. The number of rotatable bonds is 2. The highest BCUT2D eigenvalue weighted by atomic mass is 14.9. The smallest absolute Gasteiger partial charge is 0.0495 e. The number of nitrogens with zero attached hydrogens (tertiary/aromatic N) is 2. The van der Waals surface area contributed by atoms with Crippen molar-refractivity contribution in [3.63, 3.8) is 0 Å². The van der Waals surface area contributed by atoms with Gasteiger partial charge in [0.05, 0.1) is 0 Å². The molecule has 2 nitrogen and oxygen atoms in total. The lowest BCUT2D eigenvalue weighted by molar-refractivity contribution is 1.01. The summed E-state index contributed by atoms with van der Waals surface area (Å²) in [6, 6.07) is 44.3. The second kappa shape index (κ2) is 7.84. The molecule has 0 saturated heterocycles. The molecule has 0 saturated carbocycles. The van der Waals surface area contributed by atoms with Crippen LogP contribution in [-0.2, 0) is 14.1 Å². The average Bonchev–Trinajstić information content (AvgIpc) is 3.44. The number of hydrogen-bond acceptors (Lipinski definition) is 0. The number of benzene rings is 6. The van der Waals surface area contributed by atoms with Crippen molar-refractivity contribution in [2.45, 2.75) is 0 Å². The molecule has 0 bridgehead atoms. The average molecular weight is 487 g/mol. The van der Waals surface area contributed by atoms with Crippen LogP contribution in [0.4, 0.5) is 0 Å². The Morgan fingerprint density at radius 3 is 1.16 bits per heavy atom. The fourth-order valence-electron chi connectivity index (χ4n) is 6.43. The Morgan fingerprint density at radius 2 is 0.737 bits per heavy atom. The minimum absolute atomic E-state index is 1.25. The van der Waals surface area contributed by atoms with E-state index in [2.05, 4.69) is 145 Å². The predicted molar refractivity (Wildman–Crippen MR) is 163 cm³/mol. The Bertz CT molecular complexity index is 2020. The largest absolute Gasteiger partial charge is 0.344 e. The van der Waals surface area contributed by atoms with Crippen molar-refractivity contribution < 1.29 is 0 Å². The number of aromatic nitrogens is 2. The number of aryl methyl sites for hydroxylation is 2. The third kappa shape index (κ3) is 2.89. The Labute approximate surface area is 221 Å². The Balaban J connectivity index is 1.42. The van der Waals surface area contributed by atoms with Crippen LogP contribution < -0.4 is 0 Å². The lowest BCUT2D eigenvalue weighted by Gasteiger charge is -2.05. The van der Waals surface area contributed by atoms with Crippen molar-refractivity contribution >= 4 is 54.4 Å². The first-order chi connectivity index (χ1) is 18.7. The van der Waals surface area contributed by atoms with E-state index in [9.17, 15) is 0 Å². The third-order valence-corrected chi connectivity index (χ3v) is 8.35. The minimum Gasteiger partial charge on any atom is -0.344 e. The molecule has 6 aromatic carbocycles. The van der Waals surface area contributed by atoms with Crippen molar-refractivity contribution in [1.29, 1.82) is 0 Å². The van der Waals surface area contributed by atoms with Crippen molar-refractivity contribution in [2.24, 2.45) is 14.1 Å². The molecule has 0 N–H and O–H groups in total. The summed E-state index contributed by atoms with van der Waals surface area (Å²) in [5.41, 5.74) is 10.1. The SMILES string of the molecule is Cn1c2cc(-c3ccccc3)ccc2c2c3ccc4c(c3ccc21)c1ccc(-c2ccccc2)cc1n4C. The molecular weight excluding hydrogens is 460 g/mol. The van der Waals surface area contributed by atoms with E-state index in [1.165, 1.54) is 76.6 Å². The van der Waals surface area contributed by atoms with Crippen molar-refractivity contribution in [2.75, 3.05) is 0 Å². The van der Waals surface area contributed by atoms with E-state index in [0.29, 0.717) is 0 Å². The molecule has 0 aliphatic rings. The van der Waals surface area contributed by atoms with E-state index in [1.807, 2.05) is 0 Å². The van der Waals surface area contributed by atoms with Gasteiger partial charge in [-0.3, -0.25) is 0 Å². The monoisotopic (exact) mass is 486 g/mol. The molecular formula is C36H26N2. The van der Waals surface area contributed by atoms with Gasteiger partial charge in [-0.2, -0.15) is 0 Å². The fourth-order valence-corrected chi connectivity index (χ4v) is 6.43. The maximum atomic E-state index is 2.34. The second-order valence-corrected chi connectivity index (χ2v) is 10.3. The van der Waals surface area contributed by atoms with E-state index in [-0.39, 0.29) is 0 Å². The second-order valence-electron chi connectivity index (χ2n) is 10.3. The van der Waals surface area contributed by atoms with Crippen LogP contribution in [0.15, 0.2) is 121 Å². The molecule has 0 fully saturated rings. The highest BCUT2D eigenvalue weighted by Crippen LogP contribution is 2.41. The molecule has 0 aliphatic heterocycles. The molecule has 0 atom stereocenters. The molecule has 2 heteroatoms. The summed E-state index contributed by atoms with van der Waals surface area (Å²) >= 11 is 0. The van der Waals surface area contributed by atoms with Crippen LogP contribution in [-0.4, -0.2) is 9.13 Å². The normalized spacial score (nSPS) is 11.9. The first kappa shape index (κ1) is 21.3. The van der Waals surface area contributed by atoms with Gasteiger partial charge >= 0.3 is 0 Å². The highest BCUT2D eigenvalue weighted by molar-refractivity contribution is 6.29. The predicted octanol–water partition coefficient (Wildman–Crippen LogP) is 9.46. The first-order valence-corrected chi connectivity index (χ1v) is 13.2. The van der Waals surface area contributed by atoms with Gasteiger partial charge < -0.3 is 9.13 Å². The zero-order chi connectivity index (χ0) is 25.4. The van der Waals surface area contributed by atoms with E-state index in [4.69, 9.17) is 0 Å². The van der Waals surface area contributed by atoms with Gasteiger partial charge in [0.25, 0.3) is 0 Å². The maximum absolute atomic E-state index is 2.34. The van der Waals surface area contributed by atoms with E-state index in [1.54, 1.807) is 0 Å². The van der Waals surface area contributed by atoms with Gasteiger partial charge in [-0.1, -0.05) is 97.1 Å². The summed E-state index contributed by atoms with van der Waals surface area (Å²) in [4.78, 5) is 0. The fraction of sp³-hybridized carbons (Fsp3) is 0.0556. The van der Waals surface area contributed by atoms with Gasteiger partial charge in [0.15, 0.2) is 0 Å². The molecule has 0 amide bonds. The summed E-state index contributed by atoms with van der Waals surface area (Å²) in [6.07, 6.45) is 0. The van der Waals surface area contributed by atoms with Crippen LogP contribution in [0.1, 0.15) is 0 Å². The lowest BCUT2D eigenvalue weighted by atomic mass is 9.97. The van der Waals surface area contributed by atoms with Gasteiger partial charge in [-0.15, -0.1) is 0 Å². The minimum atomic E-state index is 1.25. The van der Waals surface area contributed by atoms with Crippen molar-refractivity contribution in [3.8, 4) is 22.3 Å². The summed E-state index contributed by atoms with van der Waals surface area (Å²) in [7, 11) is 4.37. The zero-order valence-corrected chi connectivity index (χ0v) is 21.4. The summed E-state index contributed by atoms with van der Waals surface area (Å²) in [5.74, 6) is 0. The van der Waals surface area contributed by atoms with Crippen LogP contribution in [0.5, 0.6) is 0 Å². The summed E-state index contributed by atoms with van der Waals surface area (Å²) in [6.45, 7) is 0. The van der Waals surface area contributed by atoms with Gasteiger partial charge in [0.2, 0.25) is 0 Å². The zero-order valence-electron chi connectivity index (χ0n) is 21.4. The van der Waals surface area contributed by atoms with Crippen LogP contribution in [0.25, 0.3) is 76.6 Å². The maximum Gasteiger partial charge on any atom is 0.0495 e. The van der Waals surface area contributed by atoms with Crippen LogP contribution in [0.3, 0.4) is 0 Å². The molecule has 2 heterocycles. The van der Waals surface area contributed by atoms with Crippen molar-refractivity contribution in [3.05, 3.63) is 121 Å². The van der Waals surface area contributed by atoms with E-state index >= 15 is 0 Å². The Hall–Kier alpha value is -4.82.